The van der Waals surface area contributed by atoms with Crippen molar-refractivity contribution < 1.29 is 4.74 Å². The standard InChI is InChI=1S/C15H23ClN2O/c1-10-8-18(9-11(2)19-10)15(12(3)17)13-4-6-14(16)7-5-13/h4-7,10-12,15H,8-9,17H2,1-3H3. The number of benzene rings is 1. The summed E-state index contributed by atoms with van der Waals surface area (Å²) >= 11 is 5.96. The zero-order valence-electron chi connectivity index (χ0n) is 11.8. The van der Waals surface area contributed by atoms with Crippen molar-refractivity contribution in [3.8, 4) is 0 Å². The van der Waals surface area contributed by atoms with Gasteiger partial charge in [-0.1, -0.05) is 23.7 Å². The average Bonchev–Trinajstić information content (AvgIpc) is 2.30. The number of nitrogens with two attached hydrogens (primary N) is 1. The summed E-state index contributed by atoms with van der Waals surface area (Å²) in [7, 11) is 0. The minimum Gasteiger partial charge on any atom is -0.373 e. The van der Waals surface area contributed by atoms with Crippen molar-refractivity contribution >= 4 is 11.6 Å². The predicted octanol–water partition coefficient (Wildman–Crippen LogP) is 2.84. The lowest BCUT2D eigenvalue weighted by atomic mass is 9.97. The lowest BCUT2D eigenvalue weighted by molar-refractivity contribution is -0.0831. The molecule has 1 saturated heterocycles. The van der Waals surface area contributed by atoms with Crippen molar-refractivity contribution in [2.24, 2.45) is 5.73 Å². The third kappa shape index (κ3) is 3.69. The molecule has 4 unspecified atom stereocenters. The maximum atomic E-state index is 6.21. The first-order chi connectivity index (χ1) is 8.97. The van der Waals surface area contributed by atoms with Gasteiger partial charge in [-0.25, -0.2) is 0 Å². The van der Waals surface area contributed by atoms with Gasteiger partial charge in [-0.05, 0) is 38.5 Å². The molecule has 1 aromatic rings. The van der Waals surface area contributed by atoms with Crippen LogP contribution in [0, 0.1) is 0 Å². The maximum Gasteiger partial charge on any atom is 0.0678 e. The highest BCUT2D eigenvalue weighted by atomic mass is 35.5. The molecule has 0 bridgehead atoms. The van der Waals surface area contributed by atoms with Gasteiger partial charge < -0.3 is 10.5 Å². The molecule has 1 aliphatic rings. The quantitative estimate of drug-likeness (QED) is 0.926. The van der Waals surface area contributed by atoms with Crippen LogP contribution in [-0.2, 0) is 4.74 Å². The third-order valence-corrected chi connectivity index (χ3v) is 3.80. The molecule has 1 aliphatic heterocycles. The molecule has 1 aromatic carbocycles. The Labute approximate surface area is 120 Å². The molecule has 4 heteroatoms. The Morgan fingerprint density at radius 2 is 1.74 bits per heavy atom. The fraction of sp³-hybridized carbons (Fsp3) is 0.600. The number of halogens is 1. The molecule has 2 rings (SSSR count). The number of hydrogen-bond acceptors (Lipinski definition) is 3. The summed E-state index contributed by atoms with van der Waals surface area (Å²) in [6.07, 6.45) is 0.495. The van der Waals surface area contributed by atoms with Crippen LogP contribution in [0.2, 0.25) is 5.02 Å². The predicted molar refractivity (Wildman–Crippen MR) is 79.4 cm³/mol. The van der Waals surface area contributed by atoms with Crippen molar-refractivity contribution in [2.75, 3.05) is 13.1 Å². The molecule has 1 fully saturated rings. The van der Waals surface area contributed by atoms with Gasteiger partial charge >= 0.3 is 0 Å². The van der Waals surface area contributed by atoms with E-state index in [1.54, 1.807) is 0 Å². The van der Waals surface area contributed by atoms with Crippen LogP contribution in [-0.4, -0.2) is 36.2 Å². The summed E-state index contributed by atoms with van der Waals surface area (Å²) in [6.45, 7) is 8.12. The Morgan fingerprint density at radius 1 is 1.21 bits per heavy atom. The van der Waals surface area contributed by atoms with Gasteiger partial charge in [0.25, 0.3) is 0 Å². The van der Waals surface area contributed by atoms with Crippen molar-refractivity contribution in [1.29, 1.82) is 0 Å². The number of nitrogens with zero attached hydrogens (tertiary/aromatic N) is 1. The summed E-state index contributed by atoms with van der Waals surface area (Å²) in [6, 6.07) is 8.28. The zero-order chi connectivity index (χ0) is 14.0. The van der Waals surface area contributed by atoms with Crippen LogP contribution in [0.3, 0.4) is 0 Å². The van der Waals surface area contributed by atoms with E-state index in [4.69, 9.17) is 22.1 Å². The molecule has 0 saturated carbocycles. The fourth-order valence-corrected chi connectivity index (χ4v) is 3.08. The lowest BCUT2D eigenvalue weighted by Crippen LogP contribution is -2.50. The average molecular weight is 283 g/mol. The molecule has 19 heavy (non-hydrogen) atoms. The second-order valence-electron chi connectivity index (χ2n) is 5.57. The van der Waals surface area contributed by atoms with Gasteiger partial charge in [0.2, 0.25) is 0 Å². The van der Waals surface area contributed by atoms with Gasteiger partial charge in [0.05, 0.1) is 12.2 Å². The highest BCUT2D eigenvalue weighted by molar-refractivity contribution is 6.30. The SMILES string of the molecule is CC1CN(C(c2ccc(Cl)cc2)C(C)N)CC(C)O1. The van der Waals surface area contributed by atoms with E-state index >= 15 is 0 Å². The zero-order valence-corrected chi connectivity index (χ0v) is 12.6. The van der Waals surface area contributed by atoms with Crippen LogP contribution < -0.4 is 5.73 Å². The van der Waals surface area contributed by atoms with Crippen LogP contribution in [0.1, 0.15) is 32.4 Å². The van der Waals surface area contributed by atoms with E-state index in [0.717, 1.165) is 18.1 Å². The topological polar surface area (TPSA) is 38.5 Å². The van der Waals surface area contributed by atoms with Gasteiger partial charge in [0.1, 0.15) is 0 Å². The van der Waals surface area contributed by atoms with Crippen molar-refractivity contribution in [2.45, 2.75) is 45.1 Å². The van der Waals surface area contributed by atoms with E-state index in [0.29, 0.717) is 0 Å². The summed E-state index contributed by atoms with van der Waals surface area (Å²) in [5, 5.41) is 0.760. The van der Waals surface area contributed by atoms with Crippen LogP contribution in [0.4, 0.5) is 0 Å². The van der Waals surface area contributed by atoms with Crippen LogP contribution >= 0.6 is 11.6 Å². The van der Waals surface area contributed by atoms with Crippen LogP contribution in [0.5, 0.6) is 0 Å². The molecule has 3 nitrogen and oxygen atoms in total. The Morgan fingerprint density at radius 3 is 2.21 bits per heavy atom. The van der Waals surface area contributed by atoms with Crippen LogP contribution in [0.25, 0.3) is 0 Å². The number of morpholine rings is 1. The second-order valence-corrected chi connectivity index (χ2v) is 6.00. The Balaban J connectivity index is 2.22. The first kappa shape index (κ1) is 14.8. The molecular weight excluding hydrogens is 260 g/mol. The first-order valence-electron chi connectivity index (χ1n) is 6.88. The summed E-state index contributed by atoms with van der Waals surface area (Å²) in [5.74, 6) is 0. The minimum atomic E-state index is 0.0682. The van der Waals surface area contributed by atoms with E-state index in [1.807, 2.05) is 12.1 Å². The van der Waals surface area contributed by atoms with Crippen molar-refractivity contribution in [1.82, 2.24) is 4.90 Å². The van der Waals surface area contributed by atoms with Gasteiger partial charge in [-0.3, -0.25) is 4.90 Å². The molecule has 0 amide bonds. The largest absolute Gasteiger partial charge is 0.373 e. The number of rotatable bonds is 3. The lowest BCUT2D eigenvalue weighted by Gasteiger charge is -2.42. The summed E-state index contributed by atoms with van der Waals surface area (Å²) < 4.78 is 5.80. The van der Waals surface area contributed by atoms with E-state index in [2.05, 4.69) is 37.8 Å². The third-order valence-electron chi connectivity index (χ3n) is 3.55. The number of hydrogen-bond donors (Lipinski definition) is 1. The van der Waals surface area contributed by atoms with Gasteiger partial charge in [-0.2, -0.15) is 0 Å². The Hall–Kier alpha value is -0.610. The second kappa shape index (κ2) is 6.23. The van der Waals surface area contributed by atoms with E-state index in [9.17, 15) is 0 Å². The Bertz CT molecular complexity index is 397. The van der Waals surface area contributed by atoms with Gasteiger partial charge in [0, 0.05) is 30.2 Å². The van der Waals surface area contributed by atoms with E-state index in [-0.39, 0.29) is 24.3 Å². The summed E-state index contributed by atoms with van der Waals surface area (Å²) in [5.41, 5.74) is 7.44. The van der Waals surface area contributed by atoms with Gasteiger partial charge in [0.15, 0.2) is 0 Å². The smallest absolute Gasteiger partial charge is 0.0678 e. The molecule has 0 aliphatic carbocycles. The van der Waals surface area contributed by atoms with E-state index in [1.165, 1.54) is 5.56 Å². The highest BCUT2D eigenvalue weighted by Gasteiger charge is 2.30. The molecule has 0 radical (unpaired) electrons. The molecule has 4 atom stereocenters. The molecule has 1 heterocycles. The minimum absolute atomic E-state index is 0.0682. The molecule has 2 N–H and O–H groups in total. The Kier molecular flexibility index (Phi) is 4.85. The first-order valence-corrected chi connectivity index (χ1v) is 7.25. The maximum absolute atomic E-state index is 6.21. The van der Waals surface area contributed by atoms with Crippen molar-refractivity contribution in [3.05, 3.63) is 34.9 Å². The molecular formula is C15H23ClN2O. The fourth-order valence-electron chi connectivity index (χ4n) is 2.95. The highest BCUT2D eigenvalue weighted by Crippen LogP contribution is 2.28. The molecule has 0 spiro atoms. The van der Waals surface area contributed by atoms with E-state index < -0.39 is 0 Å². The molecule has 0 aromatic heterocycles. The monoisotopic (exact) mass is 282 g/mol. The van der Waals surface area contributed by atoms with Gasteiger partial charge in [-0.15, -0.1) is 0 Å². The normalized spacial score (nSPS) is 28.1. The number of ether oxygens (including phenoxy) is 1. The van der Waals surface area contributed by atoms with Crippen LogP contribution in [0.15, 0.2) is 24.3 Å². The molecule has 106 valence electrons. The summed E-state index contributed by atoms with van der Waals surface area (Å²) in [4.78, 5) is 2.42. The van der Waals surface area contributed by atoms with Crippen molar-refractivity contribution in [3.63, 3.8) is 0 Å².